The van der Waals surface area contributed by atoms with Crippen molar-refractivity contribution in [2.45, 2.75) is 20.3 Å². The van der Waals surface area contributed by atoms with E-state index in [0.29, 0.717) is 12.2 Å². The number of hydrogen-bond donors (Lipinski definition) is 1. The molecule has 1 aromatic rings. The molecular weight excluding hydrogens is 206 g/mol. The molecule has 0 radical (unpaired) electrons. The summed E-state index contributed by atoms with van der Waals surface area (Å²) in [7, 11) is 0. The summed E-state index contributed by atoms with van der Waals surface area (Å²) < 4.78 is 4.77. The van der Waals surface area contributed by atoms with Crippen LogP contribution in [-0.4, -0.2) is 17.6 Å². The van der Waals surface area contributed by atoms with Crippen LogP contribution in [0, 0.1) is 6.92 Å². The standard InChI is InChI=1S/C12H15NO3/c1-3-16-11(14)6-4-5-10-7-9(2)12(15)13-8-10/h4-5,7-8H,3,6H2,1-2H3,(H,13,15). The minimum atomic E-state index is -0.250. The quantitative estimate of drug-likeness (QED) is 0.786. The Bertz CT molecular complexity index is 446. The van der Waals surface area contributed by atoms with Gasteiger partial charge in [-0.1, -0.05) is 12.2 Å². The van der Waals surface area contributed by atoms with Crippen molar-refractivity contribution in [1.29, 1.82) is 0 Å². The summed E-state index contributed by atoms with van der Waals surface area (Å²) in [6.07, 6.45) is 5.34. The lowest BCUT2D eigenvalue weighted by Gasteiger charge is -1.97. The van der Waals surface area contributed by atoms with E-state index in [0.717, 1.165) is 5.56 Å². The number of carbonyl (C=O) groups is 1. The van der Waals surface area contributed by atoms with Gasteiger partial charge in [0.15, 0.2) is 0 Å². The summed E-state index contributed by atoms with van der Waals surface area (Å²) in [6, 6.07) is 1.76. The van der Waals surface area contributed by atoms with E-state index in [2.05, 4.69) is 4.98 Å². The van der Waals surface area contributed by atoms with Crippen molar-refractivity contribution in [2.24, 2.45) is 0 Å². The SMILES string of the molecule is CCOC(=O)CC=Cc1c[nH]c(=O)c(C)c1. The maximum atomic E-state index is 11.1. The molecule has 0 aromatic carbocycles. The van der Waals surface area contributed by atoms with Gasteiger partial charge in [-0.2, -0.15) is 0 Å². The number of pyridine rings is 1. The highest BCUT2D eigenvalue weighted by molar-refractivity contribution is 5.72. The van der Waals surface area contributed by atoms with Crippen molar-refractivity contribution < 1.29 is 9.53 Å². The van der Waals surface area contributed by atoms with Gasteiger partial charge in [0.2, 0.25) is 0 Å². The molecule has 4 nitrogen and oxygen atoms in total. The van der Waals surface area contributed by atoms with Crippen LogP contribution in [-0.2, 0) is 9.53 Å². The Kier molecular flexibility index (Phi) is 4.51. The number of esters is 1. The number of nitrogens with one attached hydrogen (secondary N) is 1. The molecule has 1 heterocycles. The van der Waals surface area contributed by atoms with Gasteiger partial charge >= 0.3 is 5.97 Å². The van der Waals surface area contributed by atoms with E-state index in [1.54, 1.807) is 38.3 Å². The van der Waals surface area contributed by atoms with Crippen LogP contribution >= 0.6 is 0 Å². The molecule has 0 aliphatic rings. The molecule has 0 bridgehead atoms. The van der Waals surface area contributed by atoms with Crippen LogP contribution in [0.5, 0.6) is 0 Å². The Balaban J connectivity index is 2.59. The fourth-order valence-corrected chi connectivity index (χ4v) is 1.23. The highest BCUT2D eigenvalue weighted by Crippen LogP contribution is 2.01. The summed E-state index contributed by atoms with van der Waals surface area (Å²) in [4.78, 5) is 24.7. The Morgan fingerprint density at radius 1 is 1.56 bits per heavy atom. The van der Waals surface area contributed by atoms with Crippen molar-refractivity contribution in [3.8, 4) is 0 Å². The first kappa shape index (κ1) is 12.2. The molecule has 0 amide bonds. The Morgan fingerprint density at radius 2 is 2.31 bits per heavy atom. The largest absolute Gasteiger partial charge is 0.466 e. The summed E-state index contributed by atoms with van der Waals surface area (Å²) in [5, 5.41) is 0. The van der Waals surface area contributed by atoms with Crippen molar-refractivity contribution in [2.75, 3.05) is 6.61 Å². The first-order valence-electron chi connectivity index (χ1n) is 5.15. The lowest BCUT2D eigenvalue weighted by atomic mass is 10.2. The van der Waals surface area contributed by atoms with Gasteiger partial charge in [0.05, 0.1) is 13.0 Å². The molecule has 4 heteroatoms. The van der Waals surface area contributed by atoms with Crippen LogP contribution in [0.15, 0.2) is 23.1 Å². The average Bonchev–Trinajstić information content (AvgIpc) is 2.24. The molecule has 1 N–H and O–H groups in total. The number of ether oxygens (including phenoxy) is 1. The van der Waals surface area contributed by atoms with Crippen molar-refractivity contribution in [1.82, 2.24) is 4.98 Å². The third-order valence-corrected chi connectivity index (χ3v) is 2.01. The van der Waals surface area contributed by atoms with Crippen LogP contribution in [0.2, 0.25) is 0 Å². The second-order valence-electron chi connectivity index (χ2n) is 3.36. The lowest BCUT2D eigenvalue weighted by molar-refractivity contribution is -0.142. The van der Waals surface area contributed by atoms with Crippen LogP contribution < -0.4 is 5.56 Å². The fraction of sp³-hybridized carbons (Fsp3) is 0.333. The molecular formula is C12H15NO3. The van der Waals surface area contributed by atoms with Gasteiger partial charge in [-0.15, -0.1) is 0 Å². The molecule has 16 heavy (non-hydrogen) atoms. The molecule has 86 valence electrons. The van der Waals surface area contributed by atoms with E-state index < -0.39 is 0 Å². The number of aromatic amines is 1. The van der Waals surface area contributed by atoms with Crippen LogP contribution in [0.1, 0.15) is 24.5 Å². The number of aryl methyl sites for hydroxylation is 1. The van der Waals surface area contributed by atoms with Crippen LogP contribution in [0.3, 0.4) is 0 Å². The summed E-state index contributed by atoms with van der Waals surface area (Å²) in [5.41, 5.74) is 1.42. The second kappa shape index (κ2) is 5.90. The Hall–Kier alpha value is -1.84. The Morgan fingerprint density at radius 3 is 2.94 bits per heavy atom. The minimum absolute atomic E-state index is 0.0949. The second-order valence-corrected chi connectivity index (χ2v) is 3.36. The van der Waals surface area contributed by atoms with Gasteiger partial charge in [0.1, 0.15) is 0 Å². The zero-order valence-corrected chi connectivity index (χ0v) is 9.45. The number of H-pyrrole nitrogens is 1. The predicted octanol–water partition coefficient (Wildman–Crippen LogP) is 1.65. The van der Waals surface area contributed by atoms with E-state index in [1.807, 2.05) is 0 Å². The van der Waals surface area contributed by atoms with Crippen molar-refractivity contribution >= 4 is 12.0 Å². The molecule has 0 fully saturated rings. The van der Waals surface area contributed by atoms with E-state index in [-0.39, 0.29) is 17.9 Å². The average molecular weight is 221 g/mol. The van der Waals surface area contributed by atoms with Crippen molar-refractivity contribution in [3.63, 3.8) is 0 Å². The lowest BCUT2D eigenvalue weighted by Crippen LogP contribution is -2.07. The summed E-state index contributed by atoms with van der Waals surface area (Å²) in [5.74, 6) is -0.250. The third kappa shape index (κ3) is 3.73. The summed E-state index contributed by atoms with van der Waals surface area (Å²) in [6.45, 7) is 3.90. The first-order valence-corrected chi connectivity index (χ1v) is 5.15. The smallest absolute Gasteiger partial charge is 0.309 e. The fourth-order valence-electron chi connectivity index (χ4n) is 1.23. The predicted molar refractivity (Wildman–Crippen MR) is 62.1 cm³/mol. The third-order valence-electron chi connectivity index (χ3n) is 2.01. The van der Waals surface area contributed by atoms with Gasteiger partial charge in [-0.25, -0.2) is 0 Å². The highest BCUT2D eigenvalue weighted by atomic mass is 16.5. The van der Waals surface area contributed by atoms with Crippen molar-refractivity contribution in [3.05, 3.63) is 39.8 Å². The zero-order chi connectivity index (χ0) is 12.0. The number of hydrogen-bond acceptors (Lipinski definition) is 3. The molecule has 1 aromatic heterocycles. The van der Waals surface area contributed by atoms with Gasteiger partial charge in [-0.3, -0.25) is 9.59 Å². The number of carbonyl (C=O) groups excluding carboxylic acids is 1. The van der Waals surface area contributed by atoms with E-state index >= 15 is 0 Å². The molecule has 0 aliphatic heterocycles. The number of rotatable bonds is 4. The molecule has 0 unspecified atom stereocenters. The van der Waals surface area contributed by atoms with E-state index in [9.17, 15) is 9.59 Å². The summed E-state index contributed by atoms with van der Waals surface area (Å²) >= 11 is 0. The van der Waals surface area contributed by atoms with Gasteiger partial charge in [-0.05, 0) is 25.5 Å². The molecule has 0 aliphatic carbocycles. The topological polar surface area (TPSA) is 59.2 Å². The van der Waals surface area contributed by atoms with Crippen LogP contribution in [0.4, 0.5) is 0 Å². The highest BCUT2D eigenvalue weighted by Gasteiger charge is 1.97. The maximum absolute atomic E-state index is 11.1. The Labute approximate surface area is 94.0 Å². The van der Waals surface area contributed by atoms with Gasteiger partial charge in [0.25, 0.3) is 5.56 Å². The van der Waals surface area contributed by atoms with Gasteiger partial charge in [0, 0.05) is 11.8 Å². The normalized spacial score (nSPS) is 10.6. The monoisotopic (exact) mass is 221 g/mol. The maximum Gasteiger partial charge on any atom is 0.309 e. The molecule has 0 spiro atoms. The molecule has 0 saturated heterocycles. The molecule has 0 atom stereocenters. The number of aromatic nitrogens is 1. The van der Waals surface area contributed by atoms with Gasteiger partial charge < -0.3 is 9.72 Å². The molecule has 1 rings (SSSR count). The van der Waals surface area contributed by atoms with E-state index in [1.165, 1.54) is 0 Å². The van der Waals surface area contributed by atoms with Crippen LogP contribution in [0.25, 0.3) is 6.08 Å². The molecule has 0 saturated carbocycles. The van der Waals surface area contributed by atoms with E-state index in [4.69, 9.17) is 4.74 Å². The zero-order valence-electron chi connectivity index (χ0n) is 9.45. The minimum Gasteiger partial charge on any atom is -0.466 e. The first-order chi connectivity index (χ1) is 7.63.